The van der Waals surface area contributed by atoms with E-state index in [1.807, 2.05) is 20.8 Å². The van der Waals surface area contributed by atoms with Gasteiger partial charge in [-0.05, 0) is 54.7 Å². The minimum Gasteiger partial charge on any atom is -0.405 e. The molecule has 0 saturated carbocycles. The van der Waals surface area contributed by atoms with E-state index in [4.69, 9.17) is 11.6 Å². The van der Waals surface area contributed by atoms with Crippen LogP contribution in [0.15, 0.2) is 30.3 Å². The largest absolute Gasteiger partial charge is 0.573 e. The number of rotatable bonds is 6. The molecule has 6 heteroatoms. The summed E-state index contributed by atoms with van der Waals surface area (Å²) in [5.74, 6) is -0.267. The molecule has 0 aromatic heterocycles. The van der Waals surface area contributed by atoms with Crippen LogP contribution in [0.5, 0.6) is 5.75 Å². The molecular formula is C20H20ClF3O2. The molecule has 0 unspecified atom stereocenters. The average Bonchev–Trinajstić information content (AvgIpc) is 2.50. The maximum Gasteiger partial charge on any atom is 0.573 e. The fourth-order valence-corrected chi connectivity index (χ4v) is 3.11. The number of benzene rings is 2. The second kappa shape index (κ2) is 8.12. The molecule has 0 N–H and O–H groups in total. The Hall–Kier alpha value is -2.01. The van der Waals surface area contributed by atoms with Crippen molar-refractivity contribution < 1.29 is 22.7 Å². The first kappa shape index (κ1) is 20.3. The van der Waals surface area contributed by atoms with E-state index in [2.05, 4.69) is 4.74 Å². The molecule has 0 heterocycles. The topological polar surface area (TPSA) is 26.3 Å². The number of carbonyl (C=O) groups excluding carboxylic acids is 1. The minimum atomic E-state index is -4.82. The van der Waals surface area contributed by atoms with E-state index < -0.39 is 6.36 Å². The molecule has 26 heavy (non-hydrogen) atoms. The lowest BCUT2D eigenvalue weighted by atomic mass is 9.92. The van der Waals surface area contributed by atoms with E-state index in [1.54, 1.807) is 12.1 Å². The van der Waals surface area contributed by atoms with E-state index in [0.29, 0.717) is 12.0 Å². The van der Waals surface area contributed by atoms with Gasteiger partial charge in [-0.25, -0.2) is 0 Å². The molecule has 0 aliphatic carbocycles. The first-order chi connectivity index (χ1) is 12.1. The summed E-state index contributed by atoms with van der Waals surface area (Å²) < 4.78 is 42.4. The van der Waals surface area contributed by atoms with Crippen LogP contribution in [0.4, 0.5) is 13.2 Å². The van der Waals surface area contributed by atoms with Gasteiger partial charge in [0.15, 0.2) is 0 Å². The molecule has 0 fully saturated rings. The van der Waals surface area contributed by atoms with E-state index >= 15 is 0 Å². The molecular weight excluding hydrogens is 365 g/mol. The van der Waals surface area contributed by atoms with E-state index in [1.165, 1.54) is 18.2 Å². The Morgan fingerprint density at radius 1 is 1.19 bits per heavy atom. The van der Waals surface area contributed by atoms with Crippen LogP contribution in [-0.2, 0) is 11.2 Å². The first-order valence-electron chi connectivity index (χ1n) is 8.28. The van der Waals surface area contributed by atoms with Crippen molar-refractivity contribution in [2.75, 3.05) is 0 Å². The van der Waals surface area contributed by atoms with Gasteiger partial charge in [0, 0.05) is 18.4 Å². The Morgan fingerprint density at radius 3 is 2.50 bits per heavy atom. The summed E-state index contributed by atoms with van der Waals surface area (Å²) in [6.45, 7) is 5.68. The molecule has 2 nitrogen and oxygen atoms in total. The zero-order valence-corrected chi connectivity index (χ0v) is 15.6. The predicted octanol–water partition coefficient (Wildman–Crippen LogP) is 6.43. The second-order valence-corrected chi connectivity index (χ2v) is 6.61. The number of ketones is 1. The number of halogens is 4. The van der Waals surface area contributed by atoms with Crippen molar-refractivity contribution in [2.24, 2.45) is 0 Å². The van der Waals surface area contributed by atoms with Crippen molar-refractivity contribution in [3.05, 3.63) is 52.0 Å². The third-order valence-electron chi connectivity index (χ3n) is 4.18. The Bertz CT molecular complexity index is 813. The third kappa shape index (κ3) is 5.01. The Kier molecular flexibility index (Phi) is 6.34. The summed E-state index contributed by atoms with van der Waals surface area (Å²) in [6.07, 6.45) is -3.35. The van der Waals surface area contributed by atoms with Gasteiger partial charge in [-0.1, -0.05) is 36.7 Å². The lowest BCUT2D eigenvalue weighted by Crippen LogP contribution is -2.17. The van der Waals surface area contributed by atoms with Crippen LogP contribution in [0.2, 0.25) is 5.02 Å². The second-order valence-electron chi connectivity index (χ2n) is 6.20. The first-order valence-corrected chi connectivity index (χ1v) is 8.66. The van der Waals surface area contributed by atoms with E-state index in [-0.39, 0.29) is 28.5 Å². The monoisotopic (exact) mass is 384 g/mol. The molecule has 0 atom stereocenters. The smallest absolute Gasteiger partial charge is 0.405 e. The molecule has 2 rings (SSSR count). The molecule has 0 saturated heterocycles. The van der Waals surface area contributed by atoms with E-state index in [0.717, 1.165) is 23.1 Å². The summed E-state index contributed by atoms with van der Waals surface area (Å²) in [5, 5.41) is 0.154. The highest BCUT2D eigenvalue weighted by Crippen LogP contribution is 2.40. The van der Waals surface area contributed by atoms with Crippen molar-refractivity contribution in [3.63, 3.8) is 0 Å². The van der Waals surface area contributed by atoms with Gasteiger partial charge in [0.25, 0.3) is 0 Å². The molecule has 0 radical (unpaired) electrons. The quantitative estimate of drug-likeness (QED) is 0.573. The van der Waals surface area contributed by atoms with Crippen molar-refractivity contribution in [1.82, 2.24) is 0 Å². The SMILES string of the molecule is CCCC(=O)Cc1cc(-c2c(Cl)cccc2OC(F)(F)F)cc(C)c1C. The van der Waals surface area contributed by atoms with Gasteiger partial charge in [0.1, 0.15) is 11.5 Å². The van der Waals surface area contributed by atoms with Crippen molar-refractivity contribution in [3.8, 4) is 16.9 Å². The van der Waals surface area contributed by atoms with Crippen LogP contribution < -0.4 is 4.74 Å². The van der Waals surface area contributed by atoms with Crippen LogP contribution in [0, 0.1) is 13.8 Å². The fourth-order valence-electron chi connectivity index (χ4n) is 2.83. The molecule has 140 valence electrons. The van der Waals surface area contributed by atoms with Gasteiger partial charge in [-0.2, -0.15) is 0 Å². The predicted molar refractivity (Wildman–Crippen MR) is 96.7 cm³/mol. The maximum absolute atomic E-state index is 12.7. The minimum absolute atomic E-state index is 0.0954. The summed E-state index contributed by atoms with van der Waals surface area (Å²) in [6, 6.07) is 7.62. The summed E-state index contributed by atoms with van der Waals surface area (Å²) in [5.41, 5.74) is 3.27. The zero-order valence-electron chi connectivity index (χ0n) is 14.8. The number of alkyl halides is 3. The normalized spacial score (nSPS) is 11.5. The summed E-state index contributed by atoms with van der Waals surface area (Å²) in [4.78, 5) is 12.0. The van der Waals surface area contributed by atoms with Gasteiger partial charge in [-0.3, -0.25) is 4.79 Å². The molecule has 2 aromatic carbocycles. The Labute approximate surface area is 155 Å². The highest BCUT2D eigenvalue weighted by Gasteiger charge is 2.32. The highest BCUT2D eigenvalue weighted by molar-refractivity contribution is 6.33. The van der Waals surface area contributed by atoms with Crippen molar-refractivity contribution in [1.29, 1.82) is 0 Å². The van der Waals surface area contributed by atoms with Gasteiger partial charge in [0.05, 0.1) is 5.02 Å². The number of carbonyl (C=O) groups is 1. The summed E-state index contributed by atoms with van der Waals surface area (Å²) in [7, 11) is 0. The average molecular weight is 385 g/mol. The number of ether oxygens (including phenoxy) is 1. The van der Waals surface area contributed by atoms with Crippen molar-refractivity contribution >= 4 is 17.4 Å². The molecule has 2 aromatic rings. The molecule has 0 aliphatic rings. The van der Waals surface area contributed by atoms with Gasteiger partial charge >= 0.3 is 6.36 Å². The van der Waals surface area contributed by atoms with Crippen LogP contribution in [0.25, 0.3) is 11.1 Å². The number of hydrogen-bond donors (Lipinski definition) is 0. The number of Topliss-reactive ketones (excluding diaryl/α,β-unsaturated/α-hetero) is 1. The van der Waals surface area contributed by atoms with Crippen LogP contribution >= 0.6 is 11.6 Å². The van der Waals surface area contributed by atoms with Gasteiger partial charge in [0.2, 0.25) is 0 Å². The Morgan fingerprint density at radius 2 is 1.88 bits per heavy atom. The fraction of sp³-hybridized carbons (Fsp3) is 0.350. The molecule has 0 amide bonds. The standard InChI is InChI=1S/C20H20ClF3O2/c1-4-6-16(25)11-14-10-15(9-12(2)13(14)3)19-17(21)7-5-8-18(19)26-20(22,23)24/h5,7-10H,4,6,11H2,1-3H3. The molecule has 0 bridgehead atoms. The third-order valence-corrected chi connectivity index (χ3v) is 4.50. The molecule has 0 aliphatic heterocycles. The zero-order chi connectivity index (χ0) is 19.5. The van der Waals surface area contributed by atoms with Crippen LogP contribution in [-0.4, -0.2) is 12.1 Å². The number of hydrogen-bond acceptors (Lipinski definition) is 2. The van der Waals surface area contributed by atoms with Crippen LogP contribution in [0.1, 0.15) is 36.5 Å². The maximum atomic E-state index is 12.7. The van der Waals surface area contributed by atoms with Crippen LogP contribution in [0.3, 0.4) is 0 Å². The van der Waals surface area contributed by atoms with Gasteiger partial charge in [-0.15, -0.1) is 13.2 Å². The van der Waals surface area contributed by atoms with Gasteiger partial charge < -0.3 is 4.74 Å². The molecule has 0 spiro atoms. The Balaban J connectivity index is 2.55. The summed E-state index contributed by atoms with van der Waals surface area (Å²) >= 11 is 6.18. The lowest BCUT2D eigenvalue weighted by molar-refractivity contribution is -0.274. The highest BCUT2D eigenvalue weighted by atomic mass is 35.5. The van der Waals surface area contributed by atoms with Crippen molar-refractivity contribution in [2.45, 2.75) is 46.4 Å². The number of aryl methyl sites for hydroxylation is 1. The lowest BCUT2D eigenvalue weighted by Gasteiger charge is -2.17. The van der Waals surface area contributed by atoms with E-state index in [9.17, 15) is 18.0 Å².